The molecule has 0 radical (unpaired) electrons. The Morgan fingerprint density at radius 1 is 1.11 bits per heavy atom. The van der Waals surface area contributed by atoms with Crippen LogP contribution >= 0.6 is 15.9 Å². The fourth-order valence-corrected chi connectivity index (χ4v) is 2.38. The summed E-state index contributed by atoms with van der Waals surface area (Å²) in [6.45, 7) is 5.39. The van der Waals surface area contributed by atoms with E-state index in [2.05, 4.69) is 83.6 Å². The second-order valence-electron chi connectivity index (χ2n) is 4.99. The SMILES string of the molecule is Cc1cc(NCCC(C)c2ccccc2)ccc1Br. The highest BCUT2D eigenvalue weighted by Crippen LogP contribution is 2.21. The summed E-state index contributed by atoms with van der Waals surface area (Å²) in [5.41, 5.74) is 3.87. The van der Waals surface area contributed by atoms with Gasteiger partial charge in [-0.2, -0.15) is 0 Å². The fourth-order valence-electron chi connectivity index (χ4n) is 2.14. The second-order valence-corrected chi connectivity index (χ2v) is 5.85. The lowest BCUT2D eigenvalue weighted by Gasteiger charge is -2.13. The summed E-state index contributed by atoms with van der Waals surface area (Å²) in [5.74, 6) is 0.588. The second kappa shape index (κ2) is 6.76. The Bertz CT molecular complexity index is 522. The van der Waals surface area contributed by atoms with Crippen molar-refractivity contribution in [3.63, 3.8) is 0 Å². The third kappa shape index (κ3) is 4.10. The molecular formula is C17H20BrN. The predicted octanol–water partition coefficient (Wildman–Crippen LogP) is 5.36. The smallest absolute Gasteiger partial charge is 0.0343 e. The van der Waals surface area contributed by atoms with E-state index in [4.69, 9.17) is 0 Å². The van der Waals surface area contributed by atoms with Gasteiger partial charge in [0.25, 0.3) is 0 Å². The summed E-state index contributed by atoms with van der Waals surface area (Å²) in [6, 6.07) is 17.1. The Morgan fingerprint density at radius 3 is 2.53 bits per heavy atom. The summed E-state index contributed by atoms with van der Waals surface area (Å²) in [5, 5.41) is 3.49. The van der Waals surface area contributed by atoms with Crippen LogP contribution in [0.5, 0.6) is 0 Å². The van der Waals surface area contributed by atoms with E-state index in [1.807, 2.05) is 0 Å². The lowest BCUT2D eigenvalue weighted by molar-refractivity contribution is 0.706. The molecule has 0 fully saturated rings. The van der Waals surface area contributed by atoms with Crippen molar-refractivity contribution in [1.29, 1.82) is 0 Å². The molecule has 2 heteroatoms. The average Bonchev–Trinajstić information content (AvgIpc) is 2.43. The molecule has 19 heavy (non-hydrogen) atoms. The van der Waals surface area contributed by atoms with Crippen molar-refractivity contribution in [3.8, 4) is 0 Å². The average molecular weight is 318 g/mol. The van der Waals surface area contributed by atoms with Gasteiger partial charge in [-0.1, -0.05) is 53.2 Å². The highest BCUT2D eigenvalue weighted by molar-refractivity contribution is 9.10. The minimum absolute atomic E-state index is 0.588. The molecule has 1 nitrogen and oxygen atoms in total. The Labute approximate surface area is 124 Å². The maximum Gasteiger partial charge on any atom is 0.0343 e. The first-order valence-corrected chi connectivity index (χ1v) is 7.51. The molecule has 2 rings (SSSR count). The summed E-state index contributed by atoms with van der Waals surface area (Å²) < 4.78 is 1.16. The van der Waals surface area contributed by atoms with E-state index >= 15 is 0 Å². The number of aryl methyl sites for hydroxylation is 1. The molecule has 0 bridgehead atoms. The van der Waals surface area contributed by atoms with E-state index in [-0.39, 0.29) is 0 Å². The molecule has 0 saturated heterocycles. The molecule has 0 heterocycles. The molecule has 2 aromatic carbocycles. The van der Waals surface area contributed by atoms with Gasteiger partial charge in [0.2, 0.25) is 0 Å². The summed E-state index contributed by atoms with van der Waals surface area (Å²) in [7, 11) is 0. The molecular weight excluding hydrogens is 298 g/mol. The van der Waals surface area contributed by atoms with Crippen LogP contribution in [0.15, 0.2) is 53.0 Å². The Balaban J connectivity index is 1.85. The van der Waals surface area contributed by atoms with E-state index in [1.54, 1.807) is 0 Å². The zero-order valence-electron chi connectivity index (χ0n) is 11.5. The van der Waals surface area contributed by atoms with Gasteiger partial charge in [0, 0.05) is 16.7 Å². The highest BCUT2D eigenvalue weighted by Gasteiger charge is 2.04. The number of hydrogen-bond donors (Lipinski definition) is 1. The molecule has 1 atom stereocenters. The molecule has 0 spiro atoms. The normalized spacial score (nSPS) is 12.2. The van der Waals surface area contributed by atoms with E-state index in [9.17, 15) is 0 Å². The molecule has 1 N–H and O–H groups in total. The van der Waals surface area contributed by atoms with Crippen LogP contribution in [0.4, 0.5) is 5.69 Å². The quantitative estimate of drug-likeness (QED) is 0.782. The van der Waals surface area contributed by atoms with Crippen molar-refractivity contribution < 1.29 is 0 Å². The Kier molecular flexibility index (Phi) is 5.03. The van der Waals surface area contributed by atoms with Crippen LogP contribution in [0.3, 0.4) is 0 Å². The van der Waals surface area contributed by atoms with Crippen molar-refractivity contribution in [3.05, 3.63) is 64.1 Å². The monoisotopic (exact) mass is 317 g/mol. The summed E-state index contributed by atoms with van der Waals surface area (Å²) in [6.07, 6.45) is 1.14. The van der Waals surface area contributed by atoms with Gasteiger partial charge < -0.3 is 5.32 Å². The van der Waals surface area contributed by atoms with E-state index in [0.717, 1.165) is 17.4 Å². The number of anilines is 1. The lowest BCUT2D eigenvalue weighted by Crippen LogP contribution is -2.06. The van der Waals surface area contributed by atoms with Crippen LogP contribution in [0.2, 0.25) is 0 Å². The summed E-state index contributed by atoms with van der Waals surface area (Å²) in [4.78, 5) is 0. The maximum atomic E-state index is 3.52. The molecule has 100 valence electrons. The van der Waals surface area contributed by atoms with E-state index in [0.29, 0.717) is 5.92 Å². The molecule has 0 aliphatic heterocycles. The minimum atomic E-state index is 0.588. The number of benzene rings is 2. The first kappa shape index (κ1) is 14.1. The zero-order valence-corrected chi connectivity index (χ0v) is 13.1. The first-order valence-electron chi connectivity index (χ1n) is 6.72. The van der Waals surface area contributed by atoms with Crippen LogP contribution < -0.4 is 5.32 Å². The molecule has 0 aliphatic rings. The number of halogens is 1. The van der Waals surface area contributed by atoms with Crippen LogP contribution in [0.25, 0.3) is 0 Å². The molecule has 0 saturated carbocycles. The van der Waals surface area contributed by atoms with Crippen molar-refractivity contribution in [2.45, 2.75) is 26.2 Å². The molecule has 0 aliphatic carbocycles. The highest BCUT2D eigenvalue weighted by atomic mass is 79.9. The summed E-state index contributed by atoms with van der Waals surface area (Å²) >= 11 is 3.52. The Morgan fingerprint density at radius 2 is 1.84 bits per heavy atom. The largest absolute Gasteiger partial charge is 0.385 e. The molecule has 0 amide bonds. The van der Waals surface area contributed by atoms with Crippen LogP contribution in [0.1, 0.15) is 30.4 Å². The van der Waals surface area contributed by atoms with Crippen molar-refractivity contribution >= 4 is 21.6 Å². The standard InChI is InChI=1S/C17H20BrN/c1-13(15-6-4-3-5-7-15)10-11-19-16-8-9-17(18)14(2)12-16/h3-9,12-13,19H,10-11H2,1-2H3. The zero-order chi connectivity index (χ0) is 13.7. The van der Waals surface area contributed by atoms with Gasteiger partial charge in [0.1, 0.15) is 0 Å². The number of rotatable bonds is 5. The Hall–Kier alpha value is -1.28. The number of hydrogen-bond acceptors (Lipinski definition) is 1. The van der Waals surface area contributed by atoms with Crippen molar-refractivity contribution in [1.82, 2.24) is 0 Å². The van der Waals surface area contributed by atoms with Crippen molar-refractivity contribution in [2.24, 2.45) is 0 Å². The van der Waals surface area contributed by atoms with Gasteiger partial charge in [-0.3, -0.25) is 0 Å². The van der Waals surface area contributed by atoms with E-state index in [1.165, 1.54) is 16.8 Å². The van der Waals surface area contributed by atoms with Crippen LogP contribution in [-0.4, -0.2) is 6.54 Å². The fraction of sp³-hybridized carbons (Fsp3) is 0.294. The molecule has 2 aromatic rings. The van der Waals surface area contributed by atoms with Crippen LogP contribution in [-0.2, 0) is 0 Å². The van der Waals surface area contributed by atoms with Crippen molar-refractivity contribution in [2.75, 3.05) is 11.9 Å². The first-order chi connectivity index (χ1) is 9.16. The minimum Gasteiger partial charge on any atom is -0.385 e. The van der Waals surface area contributed by atoms with Gasteiger partial charge in [-0.15, -0.1) is 0 Å². The van der Waals surface area contributed by atoms with E-state index < -0.39 is 0 Å². The van der Waals surface area contributed by atoms with Gasteiger partial charge in [0.15, 0.2) is 0 Å². The third-order valence-corrected chi connectivity index (χ3v) is 4.32. The number of nitrogens with one attached hydrogen (secondary N) is 1. The third-order valence-electron chi connectivity index (χ3n) is 3.43. The molecule has 0 aromatic heterocycles. The predicted molar refractivity (Wildman–Crippen MR) is 86.8 cm³/mol. The van der Waals surface area contributed by atoms with Gasteiger partial charge in [-0.25, -0.2) is 0 Å². The topological polar surface area (TPSA) is 12.0 Å². The van der Waals surface area contributed by atoms with Gasteiger partial charge >= 0.3 is 0 Å². The van der Waals surface area contributed by atoms with Gasteiger partial charge in [-0.05, 0) is 48.6 Å². The van der Waals surface area contributed by atoms with Crippen LogP contribution in [0, 0.1) is 6.92 Å². The maximum absolute atomic E-state index is 3.52. The lowest BCUT2D eigenvalue weighted by atomic mass is 9.98. The van der Waals surface area contributed by atoms with Gasteiger partial charge in [0.05, 0.1) is 0 Å². The molecule has 1 unspecified atom stereocenters.